The van der Waals surface area contributed by atoms with Crippen LogP contribution in [0.15, 0.2) is 11.1 Å². The highest BCUT2D eigenvalue weighted by Gasteiger charge is 1.91. The zero-order valence-electron chi connectivity index (χ0n) is 9.27. The maximum absolute atomic E-state index is 8.63. The van der Waals surface area contributed by atoms with Gasteiger partial charge in [-0.15, -0.1) is 0 Å². The van der Waals surface area contributed by atoms with Gasteiger partial charge >= 0.3 is 0 Å². The van der Waals surface area contributed by atoms with Gasteiger partial charge in [-0.05, 0) is 12.8 Å². The lowest BCUT2D eigenvalue weighted by atomic mass is 10.1. The number of halogens is 1. The molecule has 0 aliphatic carbocycles. The number of allylic oxidation sites excluding steroid dienone is 1. The second-order valence-corrected chi connectivity index (χ2v) is 4.20. The fourth-order valence-electron chi connectivity index (χ4n) is 1.42. The monoisotopic (exact) mass is 218 g/mol. The minimum atomic E-state index is -0.0158. The van der Waals surface area contributed by atoms with Gasteiger partial charge < -0.3 is 5.11 Å². The second kappa shape index (κ2) is 11.1. The van der Waals surface area contributed by atoms with Crippen molar-refractivity contribution in [3.63, 3.8) is 0 Å². The molecule has 1 nitrogen and oxygen atoms in total. The summed E-state index contributed by atoms with van der Waals surface area (Å²) in [4.78, 5) is 0. The molecule has 0 fully saturated rings. The van der Waals surface area contributed by atoms with Crippen LogP contribution in [0.3, 0.4) is 0 Å². The molecular weight excluding hydrogens is 196 g/mol. The lowest BCUT2D eigenvalue weighted by molar-refractivity contribution is 0.338. The van der Waals surface area contributed by atoms with Crippen LogP contribution in [0.1, 0.15) is 58.3 Å². The van der Waals surface area contributed by atoms with Gasteiger partial charge in [-0.25, -0.2) is 0 Å². The smallest absolute Gasteiger partial charge is 0.0784 e. The zero-order valence-corrected chi connectivity index (χ0v) is 10.0. The Balaban J connectivity index is 3.06. The van der Waals surface area contributed by atoms with Gasteiger partial charge in [0.2, 0.25) is 0 Å². The largest absolute Gasteiger partial charge is 0.391 e. The number of rotatable bonds is 9. The van der Waals surface area contributed by atoms with E-state index in [-0.39, 0.29) is 6.61 Å². The van der Waals surface area contributed by atoms with Gasteiger partial charge in [-0.1, -0.05) is 63.1 Å². The number of aliphatic hydroxyl groups excluding tert-OH is 1. The van der Waals surface area contributed by atoms with Crippen molar-refractivity contribution in [3.05, 3.63) is 11.1 Å². The molecule has 1 N–H and O–H groups in total. The molecule has 0 unspecified atom stereocenters. The van der Waals surface area contributed by atoms with E-state index >= 15 is 0 Å². The molecule has 0 aromatic rings. The molecule has 2 heteroatoms. The van der Waals surface area contributed by atoms with Crippen molar-refractivity contribution in [2.24, 2.45) is 0 Å². The summed E-state index contributed by atoms with van der Waals surface area (Å²) < 4.78 is 0. The average molecular weight is 219 g/mol. The summed E-state index contributed by atoms with van der Waals surface area (Å²) in [6.45, 7) is 2.22. The van der Waals surface area contributed by atoms with E-state index in [0.29, 0.717) is 5.03 Å². The SMILES string of the molecule is CCCCCCCCCC=C(Cl)CO. The number of unbranched alkanes of at least 4 members (excludes halogenated alkanes) is 7. The van der Waals surface area contributed by atoms with E-state index in [9.17, 15) is 0 Å². The van der Waals surface area contributed by atoms with Crippen LogP contribution in [0.25, 0.3) is 0 Å². The van der Waals surface area contributed by atoms with Crippen LogP contribution in [0.5, 0.6) is 0 Å². The van der Waals surface area contributed by atoms with Crippen LogP contribution < -0.4 is 0 Å². The quantitative estimate of drug-likeness (QED) is 0.574. The summed E-state index contributed by atoms with van der Waals surface area (Å²) in [5.41, 5.74) is 0. The molecule has 0 bridgehead atoms. The molecule has 0 aliphatic heterocycles. The van der Waals surface area contributed by atoms with E-state index in [1.54, 1.807) is 0 Å². The Morgan fingerprint density at radius 3 is 2.21 bits per heavy atom. The topological polar surface area (TPSA) is 20.2 Å². The molecule has 0 saturated heterocycles. The van der Waals surface area contributed by atoms with Crippen molar-refractivity contribution >= 4 is 11.6 Å². The minimum absolute atomic E-state index is 0.0158. The fraction of sp³-hybridized carbons (Fsp3) is 0.833. The van der Waals surface area contributed by atoms with Crippen molar-refractivity contribution in [2.45, 2.75) is 58.3 Å². The van der Waals surface area contributed by atoms with Crippen molar-refractivity contribution in [3.8, 4) is 0 Å². The maximum Gasteiger partial charge on any atom is 0.0784 e. The van der Waals surface area contributed by atoms with Gasteiger partial charge in [0.15, 0.2) is 0 Å². The molecule has 0 saturated carbocycles. The molecule has 0 aromatic heterocycles. The summed E-state index contributed by atoms with van der Waals surface area (Å²) in [6.07, 6.45) is 12.2. The number of hydrogen-bond donors (Lipinski definition) is 1. The van der Waals surface area contributed by atoms with E-state index in [0.717, 1.165) is 6.42 Å². The summed E-state index contributed by atoms with van der Waals surface area (Å²) in [5.74, 6) is 0. The second-order valence-electron chi connectivity index (χ2n) is 3.72. The fourth-order valence-corrected chi connectivity index (χ4v) is 1.53. The van der Waals surface area contributed by atoms with Crippen LogP contribution in [0.2, 0.25) is 0 Å². The Morgan fingerprint density at radius 2 is 1.64 bits per heavy atom. The Kier molecular flexibility index (Phi) is 11.1. The molecule has 0 aliphatic rings. The van der Waals surface area contributed by atoms with Gasteiger partial charge in [0.25, 0.3) is 0 Å². The summed E-state index contributed by atoms with van der Waals surface area (Å²) in [7, 11) is 0. The summed E-state index contributed by atoms with van der Waals surface area (Å²) in [5, 5.41) is 9.21. The standard InChI is InChI=1S/C12H23ClO/c1-2-3-4-5-6-7-8-9-10-12(13)11-14/h10,14H,2-9,11H2,1H3. The van der Waals surface area contributed by atoms with Crippen molar-refractivity contribution in [1.82, 2.24) is 0 Å². The molecule has 14 heavy (non-hydrogen) atoms. The molecule has 0 radical (unpaired) electrons. The van der Waals surface area contributed by atoms with Crippen LogP contribution in [0.4, 0.5) is 0 Å². The zero-order chi connectivity index (χ0) is 10.6. The van der Waals surface area contributed by atoms with Crippen LogP contribution in [-0.2, 0) is 0 Å². The van der Waals surface area contributed by atoms with E-state index in [2.05, 4.69) is 6.92 Å². The summed E-state index contributed by atoms with van der Waals surface area (Å²) in [6, 6.07) is 0. The number of hydrogen-bond acceptors (Lipinski definition) is 1. The van der Waals surface area contributed by atoms with Crippen LogP contribution in [0, 0.1) is 0 Å². The normalized spacial score (nSPS) is 12.1. The third-order valence-electron chi connectivity index (χ3n) is 2.32. The highest BCUT2D eigenvalue weighted by Crippen LogP contribution is 2.10. The molecule has 0 amide bonds. The predicted octanol–water partition coefficient (Wildman–Crippen LogP) is 4.24. The Bertz CT molecular complexity index is 143. The predicted molar refractivity (Wildman–Crippen MR) is 63.6 cm³/mol. The van der Waals surface area contributed by atoms with Crippen molar-refractivity contribution in [2.75, 3.05) is 6.61 Å². The van der Waals surface area contributed by atoms with Gasteiger partial charge in [0.05, 0.1) is 6.61 Å². The highest BCUT2D eigenvalue weighted by molar-refractivity contribution is 6.29. The molecule has 0 spiro atoms. The lowest BCUT2D eigenvalue weighted by Crippen LogP contribution is -1.82. The van der Waals surface area contributed by atoms with E-state index in [1.807, 2.05) is 6.08 Å². The Hall–Kier alpha value is -0.0100. The molecule has 0 heterocycles. The first-order valence-electron chi connectivity index (χ1n) is 5.76. The third-order valence-corrected chi connectivity index (χ3v) is 2.60. The Labute approximate surface area is 93.2 Å². The first-order valence-corrected chi connectivity index (χ1v) is 6.14. The molecule has 0 atom stereocenters. The van der Waals surface area contributed by atoms with Crippen LogP contribution in [-0.4, -0.2) is 11.7 Å². The number of aliphatic hydroxyl groups is 1. The maximum atomic E-state index is 8.63. The van der Waals surface area contributed by atoms with Crippen LogP contribution >= 0.6 is 11.6 Å². The van der Waals surface area contributed by atoms with Gasteiger partial charge in [-0.3, -0.25) is 0 Å². The van der Waals surface area contributed by atoms with E-state index < -0.39 is 0 Å². The molecular formula is C12H23ClO. The van der Waals surface area contributed by atoms with Crippen molar-refractivity contribution < 1.29 is 5.11 Å². The average Bonchev–Trinajstić information content (AvgIpc) is 2.21. The van der Waals surface area contributed by atoms with Gasteiger partial charge in [0, 0.05) is 5.03 Å². The van der Waals surface area contributed by atoms with Gasteiger partial charge in [-0.2, -0.15) is 0 Å². The van der Waals surface area contributed by atoms with E-state index in [1.165, 1.54) is 44.9 Å². The molecule has 84 valence electrons. The van der Waals surface area contributed by atoms with E-state index in [4.69, 9.17) is 16.7 Å². The summed E-state index contributed by atoms with van der Waals surface area (Å²) >= 11 is 5.66. The third kappa shape index (κ3) is 10.1. The minimum Gasteiger partial charge on any atom is -0.391 e. The Morgan fingerprint density at radius 1 is 1.07 bits per heavy atom. The highest BCUT2D eigenvalue weighted by atomic mass is 35.5. The first kappa shape index (κ1) is 14.0. The molecule has 0 rings (SSSR count). The van der Waals surface area contributed by atoms with Gasteiger partial charge in [0.1, 0.15) is 0 Å². The first-order chi connectivity index (χ1) is 6.81. The van der Waals surface area contributed by atoms with Crippen molar-refractivity contribution in [1.29, 1.82) is 0 Å². The lowest BCUT2D eigenvalue weighted by Gasteiger charge is -1.99. The molecule has 0 aromatic carbocycles.